The van der Waals surface area contributed by atoms with Crippen molar-refractivity contribution >= 4 is 101 Å². The summed E-state index contributed by atoms with van der Waals surface area (Å²) in [7, 11) is 0. The van der Waals surface area contributed by atoms with Crippen molar-refractivity contribution in [2.24, 2.45) is 0 Å². The molecule has 0 radical (unpaired) electrons. The minimum atomic E-state index is -0.463. The average Bonchev–Trinajstić information content (AvgIpc) is 2.75. The predicted molar refractivity (Wildman–Crippen MR) is 340 cm³/mol. The number of thiazole rings is 2. The summed E-state index contributed by atoms with van der Waals surface area (Å²) < 4.78 is 13.3. The van der Waals surface area contributed by atoms with Gasteiger partial charge in [0.1, 0.15) is 27.4 Å². The predicted octanol–water partition coefficient (Wildman–Crippen LogP) is 11.4. The SMILES string of the molecule is [C-]#[N+]/C(c1nc2ccccc2s1)=c1\c2c(Cc3ccc(OCCCN(CC)CC)cc3)n(B(c3ccccc3)c3ccccc3)/c(=C(/C#N)c3nc4ccccc4s3)c2c(-c2ccccc2C)n1B(c1ccccc1)c1ccccc1. The number of nitriles is 1. The van der Waals surface area contributed by atoms with Crippen LogP contribution in [0.3, 0.4) is 0 Å². The maximum absolute atomic E-state index is 12.3. The number of benzene rings is 8. The number of nitrogens with zero attached hydrogens (tertiary/aromatic N) is 7. The topological polar surface area (TPSA) is 76.3 Å². The van der Waals surface area contributed by atoms with Crippen molar-refractivity contribution in [3.05, 3.63) is 267 Å². The van der Waals surface area contributed by atoms with Gasteiger partial charge in [0.25, 0.3) is 0 Å². The Morgan fingerprint density at radius 3 is 1.60 bits per heavy atom. The lowest BCUT2D eigenvalue weighted by Gasteiger charge is -2.25. The van der Waals surface area contributed by atoms with Crippen molar-refractivity contribution in [3.63, 3.8) is 0 Å². The van der Waals surface area contributed by atoms with E-state index in [0.29, 0.717) is 34.3 Å². The minimum absolute atomic E-state index is 0.421. The number of fused-ring (bicyclic) bond motifs is 3. The Morgan fingerprint density at radius 1 is 0.593 bits per heavy atom. The van der Waals surface area contributed by atoms with Crippen LogP contribution < -0.4 is 37.3 Å². The number of aromatic nitrogens is 4. The molecule has 0 aliphatic carbocycles. The Hall–Kier alpha value is -9.03. The second-order valence-electron chi connectivity index (χ2n) is 20.2. The molecule has 8 nitrogen and oxygen atoms in total. The van der Waals surface area contributed by atoms with E-state index in [1.807, 2.05) is 36.4 Å². The van der Waals surface area contributed by atoms with Crippen molar-refractivity contribution in [2.45, 2.75) is 33.6 Å². The molecule has 0 fully saturated rings. The third-order valence-electron chi connectivity index (χ3n) is 15.4. The van der Waals surface area contributed by atoms with Crippen LogP contribution in [0.4, 0.5) is 0 Å². The second-order valence-corrected chi connectivity index (χ2v) is 22.3. The lowest BCUT2D eigenvalue weighted by atomic mass is 9.50. The molecule has 4 heterocycles. The molecule has 0 N–H and O–H groups in total. The standard InChI is InChI=1S/C69H57B2N7OS2/c1-5-76(6-2)44-25-45-79-54-42-40-49(41-43-54)46-59-62-63(66(56(47-72)68-74-57-36-21-23-38-60(57)80-68)77(59)70(50-27-11-7-12-28-50)51-29-13-8-14-30-51)65(55-35-20-19-26-48(55)3)78(71(52-31-15-9-16-32-52)53-33-17-10-18-34-53)67(62)64(73-4)69-75-58-37-22-24-39-61(58)81-69/h7-24,26-43H,5-6,25,44-46H2,1-3H3/b66-56-,67-64+. The number of ether oxygens (including phenoxy) is 1. The fourth-order valence-electron chi connectivity index (χ4n) is 11.6. The second kappa shape index (κ2) is 23.7. The van der Waals surface area contributed by atoms with Crippen molar-refractivity contribution in [2.75, 3.05) is 26.2 Å². The van der Waals surface area contributed by atoms with Crippen molar-refractivity contribution < 1.29 is 4.74 Å². The molecule has 0 saturated carbocycles. The fourth-order valence-corrected chi connectivity index (χ4v) is 13.5. The maximum Gasteiger partial charge on any atom is 0.327 e. The fraction of sp³-hybridized carbons (Fsp3) is 0.130. The lowest BCUT2D eigenvalue weighted by Crippen LogP contribution is -2.54. The molecule has 0 saturated heterocycles. The lowest BCUT2D eigenvalue weighted by molar-refractivity contribution is 0.249. The molecule has 12 aromatic rings. The van der Waals surface area contributed by atoms with Gasteiger partial charge in [0, 0.05) is 46.0 Å². The molecule has 0 aliphatic heterocycles. The van der Waals surface area contributed by atoms with Gasteiger partial charge >= 0.3 is 13.7 Å². The van der Waals surface area contributed by atoms with E-state index in [0.717, 1.165) is 124 Å². The molecule has 8 aromatic carbocycles. The Balaban J connectivity index is 1.32. The molecule has 0 atom stereocenters. The normalized spacial score (nSPS) is 12.2. The summed E-state index contributed by atoms with van der Waals surface area (Å²) in [5.74, 6) is 0.809. The molecule has 12 heteroatoms. The van der Waals surface area contributed by atoms with Crippen molar-refractivity contribution in [1.29, 1.82) is 5.26 Å². The van der Waals surface area contributed by atoms with Gasteiger partial charge in [-0.15, -0.1) is 22.7 Å². The molecule has 0 unspecified atom stereocenters. The van der Waals surface area contributed by atoms with E-state index in [4.69, 9.17) is 14.7 Å². The van der Waals surface area contributed by atoms with Crippen LogP contribution in [0.5, 0.6) is 5.75 Å². The van der Waals surface area contributed by atoms with Gasteiger partial charge in [-0.2, -0.15) is 5.26 Å². The Bertz CT molecular complexity index is 4160. The first-order valence-corrected chi connectivity index (χ1v) is 29.3. The number of aryl methyl sites for hydroxylation is 1. The van der Waals surface area contributed by atoms with E-state index in [-0.39, 0.29) is 0 Å². The highest BCUT2D eigenvalue weighted by atomic mass is 32.1. The highest BCUT2D eigenvalue weighted by molar-refractivity contribution is 7.20. The van der Waals surface area contributed by atoms with Crippen LogP contribution in [-0.4, -0.2) is 63.8 Å². The third-order valence-corrected chi connectivity index (χ3v) is 17.5. The molecule has 4 aromatic heterocycles. The zero-order chi connectivity index (χ0) is 55.2. The summed E-state index contributed by atoms with van der Waals surface area (Å²) in [5, 5.41) is 16.7. The summed E-state index contributed by atoms with van der Waals surface area (Å²) in [6.45, 7) is 18.9. The van der Waals surface area contributed by atoms with Gasteiger partial charge in [0.15, 0.2) is 0 Å². The monoisotopic (exact) mass is 1090 g/mol. The van der Waals surface area contributed by atoms with E-state index in [9.17, 15) is 11.8 Å². The van der Waals surface area contributed by atoms with Crippen LogP contribution in [0, 0.1) is 24.8 Å². The van der Waals surface area contributed by atoms with Crippen LogP contribution in [-0.2, 0) is 6.42 Å². The molecule has 0 bridgehead atoms. The summed E-state index contributed by atoms with van der Waals surface area (Å²) in [6.07, 6.45) is 1.35. The van der Waals surface area contributed by atoms with Crippen molar-refractivity contribution in [3.8, 4) is 23.1 Å². The van der Waals surface area contributed by atoms with Gasteiger partial charge in [0.2, 0.25) is 5.70 Å². The first-order valence-electron chi connectivity index (χ1n) is 27.7. The zero-order valence-corrected chi connectivity index (χ0v) is 47.2. The van der Waals surface area contributed by atoms with Gasteiger partial charge < -0.3 is 18.6 Å². The molecule has 392 valence electrons. The smallest absolute Gasteiger partial charge is 0.327 e. The molecular formula is C69H57B2N7OS2. The van der Waals surface area contributed by atoms with Crippen LogP contribution in [0.15, 0.2) is 218 Å². The zero-order valence-electron chi connectivity index (χ0n) is 45.5. The van der Waals surface area contributed by atoms with Gasteiger partial charge in [-0.25, -0.2) is 14.8 Å². The molecule has 0 amide bonds. The van der Waals surface area contributed by atoms with Crippen LogP contribution >= 0.6 is 22.7 Å². The van der Waals surface area contributed by atoms with Gasteiger partial charge in [-0.1, -0.05) is 218 Å². The van der Waals surface area contributed by atoms with Gasteiger partial charge in [-0.05, 0) is 74.0 Å². The quantitative estimate of drug-likeness (QED) is 0.0486. The molecule has 12 rings (SSSR count). The molecule has 0 spiro atoms. The van der Waals surface area contributed by atoms with Crippen LogP contribution in [0.25, 0.3) is 58.6 Å². The van der Waals surface area contributed by atoms with E-state index in [1.165, 1.54) is 22.7 Å². The third kappa shape index (κ3) is 10.3. The number of hydrogen-bond donors (Lipinski definition) is 0. The average molecular weight is 1090 g/mol. The first kappa shape index (κ1) is 52.7. The van der Waals surface area contributed by atoms with E-state index < -0.39 is 13.7 Å². The number of hydrogen-bond acceptors (Lipinski definition) is 7. The summed E-state index contributed by atoms with van der Waals surface area (Å²) in [4.78, 5) is 17.8. The van der Waals surface area contributed by atoms with Gasteiger partial charge in [-0.3, -0.25) is 0 Å². The summed E-state index contributed by atoms with van der Waals surface area (Å²) in [6, 6.07) is 78.7. The van der Waals surface area contributed by atoms with E-state index >= 15 is 0 Å². The molecule has 0 aliphatic rings. The Labute approximate surface area is 481 Å². The Kier molecular flexibility index (Phi) is 15.4. The molecular weight excluding hydrogens is 1030 g/mol. The highest BCUT2D eigenvalue weighted by Gasteiger charge is 2.37. The van der Waals surface area contributed by atoms with Gasteiger partial charge in [0.05, 0.1) is 39.0 Å². The maximum atomic E-state index is 12.3. The highest BCUT2D eigenvalue weighted by Crippen LogP contribution is 2.37. The number of rotatable bonds is 18. The molecule has 81 heavy (non-hydrogen) atoms. The van der Waals surface area contributed by atoms with E-state index in [1.54, 1.807) is 0 Å². The Morgan fingerprint density at radius 2 is 1.09 bits per heavy atom. The summed E-state index contributed by atoms with van der Waals surface area (Å²) >= 11 is 3.06. The van der Waals surface area contributed by atoms with E-state index in [2.05, 4.69) is 228 Å². The van der Waals surface area contributed by atoms with Crippen LogP contribution in [0.1, 0.15) is 47.1 Å². The number of para-hydroxylation sites is 2. The van der Waals surface area contributed by atoms with Crippen molar-refractivity contribution in [1.82, 2.24) is 23.8 Å². The summed E-state index contributed by atoms with van der Waals surface area (Å²) in [5.41, 5.74) is 11.6. The first-order chi connectivity index (χ1) is 40.0. The minimum Gasteiger partial charge on any atom is -0.494 e. The largest absolute Gasteiger partial charge is 0.494 e. The van der Waals surface area contributed by atoms with Crippen LogP contribution in [0.2, 0.25) is 0 Å².